The average Bonchev–Trinajstić information content (AvgIpc) is 3.41. The van der Waals surface area contributed by atoms with Gasteiger partial charge in [0.2, 0.25) is 5.91 Å². The zero-order valence-electron chi connectivity index (χ0n) is 18.1. The quantitative estimate of drug-likeness (QED) is 0.575. The lowest BCUT2D eigenvalue weighted by Crippen LogP contribution is -2.48. The van der Waals surface area contributed by atoms with E-state index in [2.05, 4.69) is 9.47 Å². The Labute approximate surface area is 198 Å². The van der Waals surface area contributed by atoms with Crippen LogP contribution in [0.4, 0.5) is 5.82 Å². The van der Waals surface area contributed by atoms with Crippen molar-refractivity contribution in [2.24, 2.45) is 0 Å². The van der Waals surface area contributed by atoms with Crippen molar-refractivity contribution in [1.82, 2.24) is 24.4 Å². The van der Waals surface area contributed by atoms with Gasteiger partial charge in [-0.25, -0.2) is 15.0 Å². The summed E-state index contributed by atoms with van der Waals surface area (Å²) in [6.07, 6.45) is 0.901. The van der Waals surface area contributed by atoms with E-state index >= 15 is 0 Å². The van der Waals surface area contributed by atoms with Crippen molar-refractivity contribution >= 4 is 46.9 Å². The molecule has 2 aromatic heterocycles. The summed E-state index contributed by atoms with van der Waals surface area (Å²) in [5.74, 6) is 2.41. The summed E-state index contributed by atoms with van der Waals surface area (Å²) in [6, 6.07) is 7.90. The molecule has 170 valence electrons. The largest absolute Gasteiger partial charge is 0.379 e. The number of fused-ring (bicyclic) bond motifs is 1. The number of aryl methyl sites for hydroxylation is 1. The van der Waals surface area contributed by atoms with E-state index in [0.717, 1.165) is 41.4 Å². The molecule has 3 aromatic rings. The maximum absolute atomic E-state index is 11.7. The minimum Gasteiger partial charge on any atom is -0.379 e. The van der Waals surface area contributed by atoms with E-state index in [1.165, 1.54) is 0 Å². The van der Waals surface area contributed by atoms with Gasteiger partial charge >= 0.3 is 0 Å². The number of rotatable bonds is 3. The summed E-state index contributed by atoms with van der Waals surface area (Å²) in [5.41, 5.74) is 2.45. The third-order valence-corrected chi connectivity index (χ3v) is 6.37. The monoisotopic (exact) mass is 476 g/mol. The molecule has 0 saturated carbocycles. The average molecular weight is 477 g/mol. The number of hydrogen-bond acceptors (Lipinski definition) is 6. The van der Waals surface area contributed by atoms with Crippen LogP contribution in [0.25, 0.3) is 22.6 Å². The number of amides is 1. The van der Waals surface area contributed by atoms with Crippen LogP contribution in [0, 0.1) is 6.92 Å². The van der Waals surface area contributed by atoms with Crippen molar-refractivity contribution in [3.63, 3.8) is 0 Å². The van der Waals surface area contributed by atoms with E-state index in [0.29, 0.717) is 43.6 Å². The molecule has 2 fully saturated rings. The van der Waals surface area contributed by atoms with E-state index in [9.17, 15) is 4.79 Å². The first-order valence-electron chi connectivity index (χ1n) is 10.6. The van der Waals surface area contributed by atoms with Gasteiger partial charge in [-0.3, -0.25) is 4.79 Å². The second-order valence-corrected chi connectivity index (χ2v) is 8.47. The number of ether oxygens (including phenoxy) is 1. The summed E-state index contributed by atoms with van der Waals surface area (Å²) < 4.78 is 7.86. The number of anilines is 1. The number of carbonyl (C=O) groups is 1. The molecule has 1 unspecified atom stereocenters. The molecule has 2 saturated heterocycles. The van der Waals surface area contributed by atoms with Gasteiger partial charge in [0.15, 0.2) is 17.0 Å². The Morgan fingerprint density at radius 1 is 1.12 bits per heavy atom. The van der Waals surface area contributed by atoms with Crippen molar-refractivity contribution in [1.29, 1.82) is 0 Å². The lowest BCUT2D eigenvalue weighted by Gasteiger charge is -2.35. The highest BCUT2D eigenvalue weighted by Gasteiger charge is 2.29. The SMILES string of the molecule is CC(=O)N1CCN(c2nc(C)nc3c2nc(-c2ccccc2Cl)n3C2CCOC2)CC1.Cl. The van der Waals surface area contributed by atoms with Crippen molar-refractivity contribution in [2.75, 3.05) is 44.3 Å². The molecule has 1 atom stereocenters. The minimum absolute atomic E-state index is 0. The minimum atomic E-state index is 0. The van der Waals surface area contributed by atoms with Crippen LogP contribution >= 0.6 is 24.0 Å². The summed E-state index contributed by atoms with van der Waals surface area (Å²) in [7, 11) is 0. The maximum Gasteiger partial charge on any atom is 0.219 e. The molecule has 2 aliphatic rings. The first kappa shape index (κ1) is 22.8. The van der Waals surface area contributed by atoms with Crippen molar-refractivity contribution in [3.05, 3.63) is 35.1 Å². The zero-order valence-corrected chi connectivity index (χ0v) is 19.7. The van der Waals surface area contributed by atoms with Gasteiger partial charge in [0.05, 0.1) is 17.7 Å². The molecule has 1 aromatic carbocycles. The third-order valence-electron chi connectivity index (χ3n) is 6.04. The maximum atomic E-state index is 11.7. The van der Waals surface area contributed by atoms with Gasteiger partial charge in [-0.2, -0.15) is 0 Å². The highest BCUT2D eigenvalue weighted by atomic mass is 35.5. The van der Waals surface area contributed by atoms with E-state index < -0.39 is 0 Å². The Hall–Kier alpha value is -2.42. The summed E-state index contributed by atoms with van der Waals surface area (Å²) in [4.78, 5) is 30.4. The standard InChI is InChI=1S/C22H25ClN6O2.ClH/c1-14-24-21(28-10-8-27(9-11-28)15(2)30)19-22(25-14)29(16-7-12-31-13-16)20(26-19)17-5-3-4-6-18(17)23;/h3-6,16H,7-13H2,1-2H3;1H. The van der Waals surface area contributed by atoms with Gasteiger partial charge in [0.25, 0.3) is 0 Å². The van der Waals surface area contributed by atoms with Crippen LogP contribution in [0.5, 0.6) is 0 Å². The van der Waals surface area contributed by atoms with Gasteiger partial charge < -0.3 is 19.1 Å². The van der Waals surface area contributed by atoms with Crippen LogP contribution < -0.4 is 4.90 Å². The molecule has 0 radical (unpaired) electrons. The molecule has 8 nitrogen and oxygen atoms in total. The predicted molar refractivity (Wildman–Crippen MR) is 127 cm³/mol. The van der Waals surface area contributed by atoms with E-state index in [1.807, 2.05) is 36.1 Å². The fourth-order valence-electron chi connectivity index (χ4n) is 4.42. The fourth-order valence-corrected chi connectivity index (χ4v) is 4.64. The fraction of sp³-hybridized carbons (Fsp3) is 0.455. The molecule has 0 spiro atoms. The predicted octanol–water partition coefficient (Wildman–Crippen LogP) is 3.51. The molecule has 0 N–H and O–H groups in total. The van der Waals surface area contributed by atoms with Crippen LogP contribution in [0.3, 0.4) is 0 Å². The van der Waals surface area contributed by atoms with Crippen molar-refractivity contribution in [3.8, 4) is 11.4 Å². The van der Waals surface area contributed by atoms with Gasteiger partial charge in [-0.1, -0.05) is 23.7 Å². The topological polar surface area (TPSA) is 76.4 Å². The molecule has 4 heterocycles. The number of halogens is 2. The highest BCUT2D eigenvalue weighted by molar-refractivity contribution is 6.33. The third kappa shape index (κ3) is 4.02. The molecule has 10 heteroatoms. The van der Waals surface area contributed by atoms with E-state index in [-0.39, 0.29) is 24.4 Å². The Kier molecular flexibility index (Phi) is 6.55. The van der Waals surface area contributed by atoms with Crippen LogP contribution in [0.2, 0.25) is 5.02 Å². The Bertz CT molecular complexity index is 1140. The molecule has 0 aliphatic carbocycles. The second-order valence-electron chi connectivity index (χ2n) is 8.06. The van der Waals surface area contributed by atoms with Crippen LogP contribution in [0.15, 0.2) is 24.3 Å². The molecule has 32 heavy (non-hydrogen) atoms. The summed E-state index contributed by atoms with van der Waals surface area (Å²) >= 11 is 6.56. The van der Waals surface area contributed by atoms with Gasteiger partial charge in [-0.05, 0) is 25.5 Å². The molecular weight excluding hydrogens is 451 g/mol. The molecule has 1 amide bonds. The van der Waals surface area contributed by atoms with Crippen LogP contribution in [0.1, 0.15) is 25.2 Å². The van der Waals surface area contributed by atoms with E-state index in [1.54, 1.807) is 6.92 Å². The van der Waals surface area contributed by atoms with Crippen LogP contribution in [-0.2, 0) is 9.53 Å². The van der Waals surface area contributed by atoms with Crippen molar-refractivity contribution in [2.45, 2.75) is 26.3 Å². The normalized spacial score (nSPS) is 18.8. The Morgan fingerprint density at radius 3 is 2.53 bits per heavy atom. The molecule has 0 bridgehead atoms. The smallest absolute Gasteiger partial charge is 0.219 e. The van der Waals surface area contributed by atoms with Crippen molar-refractivity contribution < 1.29 is 9.53 Å². The second kappa shape index (κ2) is 9.21. The number of hydrogen-bond donors (Lipinski definition) is 0. The molecule has 5 rings (SSSR count). The molecule has 2 aliphatic heterocycles. The van der Waals surface area contributed by atoms with Crippen LogP contribution in [-0.4, -0.2) is 69.7 Å². The number of benzene rings is 1. The Morgan fingerprint density at radius 2 is 1.88 bits per heavy atom. The Balaban J connectivity index is 0.00000245. The van der Waals surface area contributed by atoms with Gasteiger partial charge in [0, 0.05) is 45.3 Å². The van der Waals surface area contributed by atoms with Gasteiger partial charge in [0.1, 0.15) is 11.6 Å². The number of carbonyl (C=O) groups excluding carboxylic acids is 1. The van der Waals surface area contributed by atoms with E-state index in [4.69, 9.17) is 31.3 Å². The first-order valence-corrected chi connectivity index (χ1v) is 11.0. The first-order chi connectivity index (χ1) is 15.0. The number of nitrogens with zero attached hydrogens (tertiary/aromatic N) is 6. The summed E-state index contributed by atoms with van der Waals surface area (Å²) in [6.45, 7) is 7.64. The lowest BCUT2D eigenvalue weighted by molar-refractivity contribution is -0.129. The van der Waals surface area contributed by atoms with Gasteiger partial charge in [-0.15, -0.1) is 12.4 Å². The summed E-state index contributed by atoms with van der Waals surface area (Å²) in [5, 5.41) is 0.652. The molecular formula is C22H26Cl2N6O2. The number of aromatic nitrogens is 4. The lowest BCUT2D eigenvalue weighted by atomic mass is 10.2. The number of piperazine rings is 1. The number of imidazole rings is 1. The highest BCUT2D eigenvalue weighted by Crippen LogP contribution is 2.36. The zero-order chi connectivity index (χ0) is 21.5.